The van der Waals surface area contributed by atoms with Crippen LogP contribution < -0.4 is 11.5 Å². The molecule has 1 aliphatic rings. The molecule has 1 fully saturated rings. The van der Waals surface area contributed by atoms with Crippen molar-refractivity contribution in [3.63, 3.8) is 0 Å². The van der Waals surface area contributed by atoms with Gasteiger partial charge in [-0.25, -0.2) is 0 Å². The smallest absolute Gasteiger partial charge is 0.320 e. The minimum Gasteiger partial charge on any atom is -0.480 e. The van der Waals surface area contributed by atoms with Gasteiger partial charge >= 0.3 is 5.97 Å². The molecule has 0 unspecified atom stereocenters. The molecule has 5 N–H and O–H groups in total. The molecule has 88 valence electrons. The van der Waals surface area contributed by atoms with Gasteiger partial charge in [-0.3, -0.25) is 9.79 Å². The molecular formula is C9H18ClN3O2. The maximum atomic E-state index is 10.4. The molecule has 15 heavy (non-hydrogen) atoms. The van der Waals surface area contributed by atoms with E-state index in [0.717, 1.165) is 12.8 Å². The first-order valence-electron chi connectivity index (χ1n) is 4.89. The van der Waals surface area contributed by atoms with Crippen molar-refractivity contribution in [3.05, 3.63) is 0 Å². The van der Waals surface area contributed by atoms with E-state index in [9.17, 15) is 4.79 Å². The number of carbonyl (C=O) groups is 1. The molecule has 1 aliphatic carbocycles. The third-order valence-corrected chi connectivity index (χ3v) is 2.28. The second-order valence-corrected chi connectivity index (χ2v) is 3.67. The van der Waals surface area contributed by atoms with E-state index in [4.69, 9.17) is 16.6 Å². The van der Waals surface area contributed by atoms with Gasteiger partial charge in [-0.2, -0.15) is 0 Å². The number of carboxylic acids is 1. The number of aliphatic carboxylic acids is 1. The van der Waals surface area contributed by atoms with E-state index in [2.05, 4.69) is 4.99 Å². The summed E-state index contributed by atoms with van der Waals surface area (Å²) in [6.45, 7) is 0.587. The first kappa shape index (κ1) is 14.2. The van der Waals surface area contributed by atoms with Crippen LogP contribution in [0.3, 0.4) is 0 Å². The second kappa shape index (κ2) is 6.63. The summed E-state index contributed by atoms with van der Waals surface area (Å²) in [7, 11) is 0. The zero-order valence-corrected chi connectivity index (χ0v) is 9.37. The summed E-state index contributed by atoms with van der Waals surface area (Å²) in [6, 6.07) is -0.771. The molecule has 0 aromatic rings. The molecule has 0 aliphatic heterocycles. The number of hydrogen-bond donors (Lipinski definition) is 3. The third-order valence-electron chi connectivity index (χ3n) is 2.28. The predicted molar refractivity (Wildman–Crippen MR) is 61.3 cm³/mol. The summed E-state index contributed by atoms with van der Waals surface area (Å²) in [5.41, 5.74) is 11.0. The van der Waals surface area contributed by atoms with Gasteiger partial charge in [0.2, 0.25) is 0 Å². The lowest BCUT2D eigenvalue weighted by atomic mass is 10.2. The molecule has 0 aromatic carbocycles. The van der Waals surface area contributed by atoms with E-state index >= 15 is 0 Å². The fourth-order valence-electron chi connectivity index (χ4n) is 1.15. The summed E-state index contributed by atoms with van der Waals surface area (Å²) in [5.74, 6) is 0.251. The highest BCUT2D eigenvalue weighted by molar-refractivity contribution is 5.85. The van der Waals surface area contributed by atoms with Crippen LogP contribution in [0.25, 0.3) is 0 Å². The molecule has 6 heteroatoms. The molecule has 0 radical (unpaired) electrons. The van der Waals surface area contributed by atoms with Gasteiger partial charge in [-0.1, -0.05) is 0 Å². The van der Waals surface area contributed by atoms with Gasteiger partial charge in [-0.15, -0.1) is 12.4 Å². The van der Waals surface area contributed by atoms with E-state index in [0.29, 0.717) is 31.1 Å². The summed E-state index contributed by atoms with van der Waals surface area (Å²) in [6.07, 6.45) is 3.42. The number of halogens is 1. The minimum atomic E-state index is -0.954. The average Bonchev–Trinajstić information content (AvgIpc) is 2.94. The second-order valence-electron chi connectivity index (χ2n) is 3.67. The Balaban J connectivity index is 0.00000196. The zero-order valence-electron chi connectivity index (χ0n) is 8.56. The van der Waals surface area contributed by atoms with Crippen molar-refractivity contribution in [2.75, 3.05) is 6.54 Å². The first-order chi connectivity index (χ1) is 6.61. The van der Waals surface area contributed by atoms with Crippen molar-refractivity contribution in [1.82, 2.24) is 0 Å². The lowest BCUT2D eigenvalue weighted by Gasteiger charge is -2.04. The minimum absolute atomic E-state index is 0. The summed E-state index contributed by atoms with van der Waals surface area (Å²) in [4.78, 5) is 14.5. The molecule has 0 saturated heterocycles. The predicted octanol–water partition coefficient (Wildman–Crippen LogP) is 0.367. The highest BCUT2D eigenvalue weighted by atomic mass is 35.5. The van der Waals surface area contributed by atoms with Gasteiger partial charge in [0.1, 0.15) is 6.04 Å². The molecule has 0 spiro atoms. The van der Waals surface area contributed by atoms with Gasteiger partial charge in [0.05, 0.1) is 5.84 Å². The fraction of sp³-hybridized carbons (Fsp3) is 0.778. The van der Waals surface area contributed by atoms with Crippen LogP contribution in [0.2, 0.25) is 0 Å². The third kappa shape index (κ3) is 5.59. The molecular weight excluding hydrogens is 218 g/mol. The summed E-state index contributed by atoms with van der Waals surface area (Å²) >= 11 is 0. The molecule has 0 bridgehead atoms. The topological polar surface area (TPSA) is 102 Å². The van der Waals surface area contributed by atoms with E-state index < -0.39 is 12.0 Å². The average molecular weight is 236 g/mol. The lowest BCUT2D eigenvalue weighted by Crippen LogP contribution is -2.30. The molecule has 0 heterocycles. The van der Waals surface area contributed by atoms with Gasteiger partial charge < -0.3 is 16.6 Å². The van der Waals surface area contributed by atoms with Crippen molar-refractivity contribution in [1.29, 1.82) is 0 Å². The zero-order chi connectivity index (χ0) is 10.6. The number of amidine groups is 1. The fourth-order valence-corrected chi connectivity index (χ4v) is 1.15. The molecule has 0 aromatic heterocycles. The van der Waals surface area contributed by atoms with Gasteiger partial charge in [0.25, 0.3) is 0 Å². The largest absolute Gasteiger partial charge is 0.480 e. The number of hydrogen-bond acceptors (Lipinski definition) is 3. The first-order valence-corrected chi connectivity index (χ1v) is 4.89. The van der Waals surface area contributed by atoms with Crippen LogP contribution in [0.1, 0.15) is 25.7 Å². The molecule has 0 amide bonds. The van der Waals surface area contributed by atoms with Crippen LogP contribution in [0, 0.1) is 5.92 Å². The van der Waals surface area contributed by atoms with E-state index in [1.54, 1.807) is 0 Å². The Morgan fingerprint density at radius 3 is 2.60 bits per heavy atom. The number of nitrogens with zero attached hydrogens (tertiary/aromatic N) is 1. The summed E-state index contributed by atoms with van der Waals surface area (Å²) < 4.78 is 0. The Bertz CT molecular complexity index is 242. The molecule has 1 rings (SSSR count). The Morgan fingerprint density at radius 2 is 2.13 bits per heavy atom. The van der Waals surface area contributed by atoms with Crippen molar-refractivity contribution >= 4 is 24.2 Å². The number of nitrogens with two attached hydrogens (primary N) is 2. The Kier molecular flexibility index (Phi) is 6.27. The monoisotopic (exact) mass is 235 g/mol. The summed E-state index contributed by atoms with van der Waals surface area (Å²) in [5, 5.41) is 8.50. The van der Waals surface area contributed by atoms with Crippen LogP contribution >= 0.6 is 12.4 Å². The highest BCUT2D eigenvalue weighted by Gasteiger charge is 2.25. The van der Waals surface area contributed by atoms with Crippen molar-refractivity contribution < 1.29 is 9.90 Å². The van der Waals surface area contributed by atoms with Crippen molar-refractivity contribution in [2.45, 2.75) is 31.7 Å². The van der Waals surface area contributed by atoms with Gasteiger partial charge in [0, 0.05) is 12.5 Å². The highest BCUT2D eigenvalue weighted by Crippen LogP contribution is 2.28. The molecule has 1 atom stereocenters. The molecule has 5 nitrogen and oxygen atoms in total. The maximum absolute atomic E-state index is 10.4. The van der Waals surface area contributed by atoms with Crippen LogP contribution in [-0.4, -0.2) is 29.5 Å². The Morgan fingerprint density at radius 1 is 1.53 bits per heavy atom. The van der Waals surface area contributed by atoms with Crippen LogP contribution in [0.15, 0.2) is 4.99 Å². The van der Waals surface area contributed by atoms with E-state index in [1.807, 2.05) is 0 Å². The quantitative estimate of drug-likeness (QED) is 0.352. The normalized spacial score (nSPS) is 18.1. The number of aliphatic imine (C=N–C) groups is 1. The van der Waals surface area contributed by atoms with E-state index in [-0.39, 0.29) is 12.4 Å². The standard InChI is InChI=1S/C9H17N3O2.ClH/c10-7(9(13)14)2-1-5-12-8(11)6-3-4-6;/h6-7H,1-5,10H2,(H2,11,12)(H,13,14);1H/t7-;/m0./s1. The molecule has 1 saturated carbocycles. The van der Waals surface area contributed by atoms with Crippen LogP contribution in [0.5, 0.6) is 0 Å². The van der Waals surface area contributed by atoms with Crippen molar-refractivity contribution in [3.8, 4) is 0 Å². The van der Waals surface area contributed by atoms with Crippen LogP contribution in [0.4, 0.5) is 0 Å². The lowest BCUT2D eigenvalue weighted by molar-refractivity contribution is -0.138. The number of rotatable bonds is 6. The van der Waals surface area contributed by atoms with Crippen molar-refractivity contribution in [2.24, 2.45) is 22.4 Å². The Labute approximate surface area is 95.3 Å². The van der Waals surface area contributed by atoms with Gasteiger partial charge in [-0.05, 0) is 25.7 Å². The van der Waals surface area contributed by atoms with Gasteiger partial charge in [0.15, 0.2) is 0 Å². The number of carboxylic acid groups (broad SMARTS) is 1. The Hall–Kier alpha value is -0.810. The van der Waals surface area contributed by atoms with Crippen LogP contribution in [-0.2, 0) is 4.79 Å². The van der Waals surface area contributed by atoms with E-state index in [1.165, 1.54) is 0 Å². The SMILES string of the molecule is Cl.NC(=NCCC[C@H](N)C(=O)O)C1CC1. The maximum Gasteiger partial charge on any atom is 0.320 e.